The number of carboxylic acid groups (broad SMARTS) is 1. The molecule has 11 heteroatoms. The number of ether oxygens (including phenoxy) is 2. The fraction of sp³-hybridized carbons (Fsp3) is 0.360. The van der Waals surface area contributed by atoms with Crippen LogP contribution < -0.4 is 14.4 Å². The van der Waals surface area contributed by atoms with Crippen molar-refractivity contribution in [3.8, 4) is 17.6 Å². The molecule has 36 heavy (non-hydrogen) atoms. The summed E-state index contributed by atoms with van der Waals surface area (Å²) < 4.78 is 11.4. The monoisotopic (exact) mass is 493 g/mol. The van der Waals surface area contributed by atoms with E-state index in [0.717, 1.165) is 22.9 Å². The van der Waals surface area contributed by atoms with E-state index in [9.17, 15) is 20.2 Å². The van der Waals surface area contributed by atoms with Crippen LogP contribution in [0.1, 0.15) is 44.7 Å². The second-order valence-corrected chi connectivity index (χ2v) is 8.76. The Hall–Kier alpha value is -4.46. The minimum absolute atomic E-state index is 0.00581. The number of carbonyl (C=O) groups is 1. The van der Waals surface area contributed by atoms with Crippen molar-refractivity contribution in [2.45, 2.75) is 39.2 Å². The summed E-state index contributed by atoms with van der Waals surface area (Å²) in [5, 5.41) is 38.1. The molecule has 188 valence electrons. The molecule has 1 aliphatic heterocycles. The predicted octanol–water partition coefficient (Wildman–Crippen LogP) is 5.77. The van der Waals surface area contributed by atoms with E-state index in [1.807, 2.05) is 32.9 Å². The summed E-state index contributed by atoms with van der Waals surface area (Å²) in [7, 11) is 2.99. The van der Waals surface area contributed by atoms with Crippen LogP contribution in [0.2, 0.25) is 0 Å². The number of azo groups is 1. The molecular formula is C25H27N5O6. The van der Waals surface area contributed by atoms with Crippen molar-refractivity contribution in [1.29, 1.82) is 5.26 Å². The molecule has 0 amide bonds. The maximum atomic E-state index is 11.1. The van der Waals surface area contributed by atoms with Crippen molar-refractivity contribution in [1.82, 2.24) is 0 Å². The molecule has 0 radical (unpaired) electrons. The van der Waals surface area contributed by atoms with Crippen LogP contribution in [0.15, 0.2) is 40.6 Å². The smallest absolute Gasteiger partial charge is 0.303 e. The molecule has 0 aliphatic carbocycles. The van der Waals surface area contributed by atoms with Crippen molar-refractivity contribution < 1.29 is 24.3 Å². The van der Waals surface area contributed by atoms with E-state index in [4.69, 9.17) is 14.6 Å². The van der Waals surface area contributed by atoms with Gasteiger partial charge in [0.2, 0.25) is 0 Å². The first-order valence-corrected chi connectivity index (χ1v) is 11.1. The minimum Gasteiger partial charge on any atom is -0.494 e. The first-order valence-electron chi connectivity index (χ1n) is 11.1. The molecule has 0 saturated carbocycles. The third kappa shape index (κ3) is 5.12. The van der Waals surface area contributed by atoms with E-state index in [0.29, 0.717) is 30.2 Å². The zero-order chi connectivity index (χ0) is 26.6. The van der Waals surface area contributed by atoms with E-state index in [1.165, 1.54) is 26.4 Å². The van der Waals surface area contributed by atoms with Crippen molar-refractivity contribution in [2.24, 2.45) is 10.2 Å². The number of aliphatic carboxylic acids is 1. The lowest BCUT2D eigenvalue weighted by Crippen LogP contribution is -2.45. The number of carboxylic acids is 1. The second-order valence-electron chi connectivity index (χ2n) is 8.76. The van der Waals surface area contributed by atoms with E-state index in [1.54, 1.807) is 0 Å². The molecule has 3 rings (SSSR count). The molecule has 0 aromatic heterocycles. The van der Waals surface area contributed by atoms with E-state index < -0.39 is 16.4 Å². The fourth-order valence-electron chi connectivity index (χ4n) is 4.36. The van der Waals surface area contributed by atoms with Gasteiger partial charge in [0.15, 0.2) is 17.2 Å². The number of non-ortho nitro benzene ring substituents is 1. The Balaban J connectivity index is 2.15. The first-order chi connectivity index (χ1) is 17.0. The number of nitro benzene ring substituents is 1. The summed E-state index contributed by atoms with van der Waals surface area (Å²) in [6, 6.07) is 7.46. The Morgan fingerprint density at radius 3 is 2.56 bits per heavy atom. The van der Waals surface area contributed by atoms with Crippen molar-refractivity contribution in [3.63, 3.8) is 0 Å². The van der Waals surface area contributed by atoms with E-state index in [2.05, 4.69) is 21.2 Å². The molecule has 1 N–H and O–H groups in total. The zero-order valence-electron chi connectivity index (χ0n) is 20.7. The molecule has 11 nitrogen and oxygen atoms in total. The number of nitrogens with zero attached hydrogens (tertiary/aromatic N) is 5. The van der Waals surface area contributed by atoms with Crippen LogP contribution in [0.5, 0.6) is 11.5 Å². The van der Waals surface area contributed by atoms with Gasteiger partial charge in [-0.15, -0.1) is 10.2 Å². The van der Waals surface area contributed by atoms with Crippen LogP contribution in [0.4, 0.5) is 22.7 Å². The van der Waals surface area contributed by atoms with E-state index in [-0.39, 0.29) is 23.4 Å². The summed E-state index contributed by atoms with van der Waals surface area (Å²) in [4.78, 5) is 23.6. The summed E-state index contributed by atoms with van der Waals surface area (Å²) in [6.07, 6.45) is 2.58. The van der Waals surface area contributed by atoms with Gasteiger partial charge in [-0.2, -0.15) is 5.26 Å². The van der Waals surface area contributed by atoms with Crippen LogP contribution in [-0.4, -0.2) is 42.3 Å². The Bertz CT molecular complexity index is 1310. The van der Waals surface area contributed by atoms with Gasteiger partial charge in [-0.05, 0) is 38.8 Å². The number of hydrogen-bond acceptors (Lipinski definition) is 9. The van der Waals surface area contributed by atoms with E-state index >= 15 is 0 Å². The van der Waals surface area contributed by atoms with Crippen molar-refractivity contribution >= 4 is 34.3 Å². The van der Waals surface area contributed by atoms with Gasteiger partial charge in [-0.3, -0.25) is 14.9 Å². The highest BCUT2D eigenvalue weighted by Crippen LogP contribution is 2.52. The van der Waals surface area contributed by atoms with Gasteiger partial charge in [0.05, 0.1) is 35.9 Å². The van der Waals surface area contributed by atoms with Gasteiger partial charge in [0.1, 0.15) is 11.8 Å². The van der Waals surface area contributed by atoms with Crippen molar-refractivity contribution in [2.75, 3.05) is 25.7 Å². The lowest BCUT2D eigenvalue weighted by molar-refractivity contribution is -0.384. The third-order valence-corrected chi connectivity index (χ3v) is 5.92. The van der Waals surface area contributed by atoms with Crippen LogP contribution >= 0.6 is 0 Å². The maximum Gasteiger partial charge on any atom is 0.303 e. The Morgan fingerprint density at radius 2 is 1.97 bits per heavy atom. The molecule has 0 bridgehead atoms. The third-order valence-electron chi connectivity index (χ3n) is 5.92. The highest BCUT2D eigenvalue weighted by atomic mass is 16.6. The van der Waals surface area contributed by atoms with Gasteiger partial charge in [0, 0.05) is 36.7 Å². The quantitative estimate of drug-likeness (QED) is 0.263. The summed E-state index contributed by atoms with van der Waals surface area (Å²) in [5.41, 5.74) is 2.36. The first kappa shape index (κ1) is 26.2. The molecule has 0 unspecified atom stereocenters. The number of anilines is 1. The average Bonchev–Trinajstić information content (AvgIpc) is 2.82. The van der Waals surface area contributed by atoms with Gasteiger partial charge in [-0.25, -0.2) is 0 Å². The highest BCUT2D eigenvalue weighted by Gasteiger charge is 2.35. The molecule has 2 aromatic carbocycles. The Morgan fingerprint density at radius 1 is 1.25 bits per heavy atom. The number of methoxy groups -OCH3 is 2. The lowest BCUT2D eigenvalue weighted by Gasteiger charge is -2.44. The minimum atomic E-state index is -0.856. The zero-order valence-corrected chi connectivity index (χ0v) is 20.7. The standard InChI is InChI=1S/C25H27N5O6/c1-15-13-25(2,3)29(10-6-7-21(31)32)19-12-20(35-4)23(24(36-5)22(15)19)28-27-18-9-8-17(30(33)34)11-16(18)14-26/h8-9,11-13H,6-7,10H2,1-5H3,(H,31,32). The maximum absolute atomic E-state index is 11.1. The molecule has 0 spiro atoms. The lowest BCUT2D eigenvalue weighted by atomic mass is 9.87. The largest absolute Gasteiger partial charge is 0.494 e. The molecule has 0 atom stereocenters. The molecule has 1 aliphatic rings. The highest BCUT2D eigenvalue weighted by molar-refractivity contribution is 5.90. The van der Waals surface area contributed by atoms with Crippen LogP contribution in [0.3, 0.4) is 0 Å². The number of hydrogen-bond donors (Lipinski definition) is 1. The number of nitro groups is 1. The number of benzene rings is 2. The predicted molar refractivity (Wildman–Crippen MR) is 133 cm³/mol. The number of fused-ring (bicyclic) bond motifs is 1. The molecule has 0 fully saturated rings. The topological polar surface area (TPSA) is 151 Å². The van der Waals surface area contributed by atoms with Gasteiger partial charge >= 0.3 is 5.97 Å². The molecule has 1 heterocycles. The van der Waals surface area contributed by atoms with Crippen molar-refractivity contribution in [3.05, 3.63) is 51.6 Å². The van der Waals surface area contributed by atoms with Crippen LogP contribution in [0.25, 0.3) is 5.57 Å². The summed E-state index contributed by atoms with van der Waals surface area (Å²) >= 11 is 0. The molecule has 2 aromatic rings. The fourth-order valence-corrected chi connectivity index (χ4v) is 4.36. The SMILES string of the molecule is COc1cc2c(c(OC)c1N=Nc1ccc([N+](=O)[O-])cc1C#N)C(C)=CC(C)(C)N2CCCC(=O)O. The van der Waals surface area contributed by atoms with Gasteiger partial charge < -0.3 is 19.5 Å². The number of rotatable bonds is 9. The van der Waals surface area contributed by atoms with Crippen LogP contribution in [0, 0.1) is 21.4 Å². The van der Waals surface area contributed by atoms with Crippen LogP contribution in [-0.2, 0) is 4.79 Å². The van der Waals surface area contributed by atoms with Gasteiger partial charge in [0.25, 0.3) is 5.69 Å². The Labute approximate surface area is 208 Å². The summed E-state index contributed by atoms with van der Waals surface area (Å²) in [6.45, 7) is 6.54. The molecule has 0 saturated heterocycles. The average molecular weight is 494 g/mol. The summed E-state index contributed by atoms with van der Waals surface area (Å²) in [5.74, 6) is -0.0878. The van der Waals surface area contributed by atoms with Gasteiger partial charge in [-0.1, -0.05) is 6.08 Å². The second kappa shape index (κ2) is 10.4. The molecular weight excluding hydrogens is 466 g/mol. The number of allylic oxidation sites excluding steroid dienone is 1. The number of nitriles is 1. The normalized spacial score (nSPS) is 14.1. The Kier molecular flexibility index (Phi) is 7.58.